The second kappa shape index (κ2) is 11.0. The van der Waals surface area contributed by atoms with Crippen LogP contribution in [-0.2, 0) is 30.4 Å². The van der Waals surface area contributed by atoms with Crippen molar-refractivity contribution in [3.8, 4) is 11.5 Å². The van der Waals surface area contributed by atoms with E-state index in [0.717, 1.165) is 23.3 Å². The molecule has 194 valence electrons. The minimum absolute atomic E-state index is 0.123. The number of fused-ring (bicyclic) bond motifs is 1. The van der Waals surface area contributed by atoms with Gasteiger partial charge < -0.3 is 20.7 Å². The Balaban J connectivity index is 1.48. The third kappa shape index (κ3) is 6.45. The zero-order valence-corrected chi connectivity index (χ0v) is 20.4. The molecule has 1 aliphatic rings. The highest BCUT2D eigenvalue weighted by molar-refractivity contribution is 5.93. The number of pyridine rings is 1. The normalized spacial score (nSPS) is 15.0. The number of halogens is 3. The van der Waals surface area contributed by atoms with Crippen molar-refractivity contribution in [1.29, 1.82) is 0 Å². The molecule has 0 spiro atoms. The fourth-order valence-electron chi connectivity index (χ4n) is 4.36. The number of amides is 2. The van der Waals surface area contributed by atoms with E-state index in [-0.39, 0.29) is 29.7 Å². The summed E-state index contributed by atoms with van der Waals surface area (Å²) < 4.78 is 46.0. The molecule has 2 amide bonds. The van der Waals surface area contributed by atoms with Crippen LogP contribution < -0.4 is 20.7 Å². The molecule has 0 saturated heterocycles. The quantitative estimate of drug-likeness (QED) is 0.426. The first-order valence-corrected chi connectivity index (χ1v) is 11.8. The van der Waals surface area contributed by atoms with Crippen molar-refractivity contribution < 1.29 is 27.5 Å². The van der Waals surface area contributed by atoms with Crippen LogP contribution in [0, 0.1) is 5.92 Å². The van der Waals surface area contributed by atoms with Crippen LogP contribution >= 0.6 is 0 Å². The Kier molecular flexibility index (Phi) is 7.77. The lowest BCUT2D eigenvalue weighted by molar-refractivity contribution is -0.137. The van der Waals surface area contributed by atoms with Crippen molar-refractivity contribution in [2.24, 2.45) is 5.92 Å². The number of carbonyl (C=O) groups is 2. The van der Waals surface area contributed by atoms with Gasteiger partial charge in [-0.1, -0.05) is 6.07 Å². The molecule has 3 N–H and O–H groups in total. The van der Waals surface area contributed by atoms with Gasteiger partial charge in [0, 0.05) is 37.5 Å². The van der Waals surface area contributed by atoms with Crippen LogP contribution in [0.1, 0.15) is 39.2 Å². The minimum atomic E-state index is -4.51. The number of ether oxygens (including phenoxy) is 1. The molecular formula is C27H27F3N4O3. The number of nitrogens with zero attached hydrogens (tertiary/aromatic N) is 1. The average Bonchev–Trinajstić information content (AvgIpc) is 2.87. The molecule has 0 aliphatic heterocycles. The summed E-state index contributed by atoms with van der Waals surface area (Å²) in [6.45, 7) is 0.245. The number of rotatable bonds is 7. The molecule has 0 fully saturated rings. The molecule has 0 bridgehead atoms. The largest absolute Gasteiger partial charge is 0.457 e. The molecule has 10 heteroatoms. The van der Waals surface area contributed by atoms with E-state index in [0.29, 0.717) is 36.3 Å². The van der Waals surface area contributed by atoms with E-state index in [1.807, 2.05) is 18.2 Å². The summed E-state index contributed by atoms with van der Waals surface area (Å²) in [7, 11) is 3.16. The summed E-state index contributed by atoms with van der Waals surface area (Å²) >= 11 is 0. The predicted octanol–water partition coefficient (Wildman–Crippen LogP) is 4.72. The predicted molar refractivity (Wildman–Crippen MR) is 132 cm³/mol. The summed E-state index contributed by atoms with van der Waals surface area (Å²) in [5.74, 6) is -0.0607. The second-order valence-corrected chi connectivity index (χ2v) is 8.86. The van der Waals surface area contributed by atoms with Gasteiger partial charge in [-0.2, -0.15) is 13.2 Å². The van der Waals surface area contributed by atoms with Gasteiger partial charge in [0.2, 0.25) is 5.91 Å². The third-order valence-electron chi connectivity index (χ3n) is 6.17. The zero-order chi connectivity index (χ0) is 26.6. The van der Waals surface area contributed by atoms with Gasteiger partial charge in [0.1, 0.15) is 17.2 Å². The number of hydrogen-bond donors (Lipinski definition) is 3. The monoisotopic (exact) mass is 512 g/mol. The molecule has 1 atom stereocenters. The molecule has 3 aromatic rings. The lowest BCUT2D eigenvalue weighted by Gasteiger charge is -2.25. The first-order chi connectivity index (χ1) is 17.7. The van der Waals surface area contributed by atoms with Crippen LogP contribution in [0.5, 0.6) is 11.5 Å². The lowest BCUT2D eigenvalue weighted by atomic mass is 9.83. The van der Waals surface area contributed by atoms with Gasteiger partial charge in [-0.05, 0) is 79.4 Å². The molecule has 0 saturated carbocycles. The molecule has 0 radical (unpaired) electrons. The zero-order valence-electron chi connectivity index (χ0n) is 20.4. The number of benzene rings is 2. The highest BCUT2D eigenvalue weighted by Gasteiger charge is 2.32. The van der Waals surface area contributed by atoms with Crippen molar-refractivity contribution in [1.82, 2.24) is 15.6 Å². The van der Waals surface area contributed by atoms with Crippen LogP contribution in [0.4, 0.5) is 18.9 Å². The number of anilines is 1. The molecule has 37 heavy (non-hydrogen) atoms. The fourth-order valence-corrected chi connectivity index (χ4v) is 4.36. The van der Waals surface area contributed by atoms with Crippen molar-refractivity contribution in [2.45, 2.75) is 32.0 Å². The Hall–Kier alpha value is -3.92. The average molecular weight is 513 g/mol. The van der Waals surface area contributed by atoms with Crippen molar-refractivity contribution in [2.75, 3.05) is 19.4 Å². The maximum absolute atomic E-state index is 13.4. The summed E-state index contributed by atoms with van der Waals surface area (Å²) in [5.41, 5.74) is 2.00. The van der Waals surface area contributed by atoms with Crippen LogP contribution in [0.3, 0.4) is 0 Å². The number of nitrogens with one attached hydrogen (secondary N) is 3. The Labute approximate surface area is 212 Å². The third-order valence-corrected chi connectivity index (χ3v) is 6.17. The number of alkyl halides is 3. The molecular weight excluding hydrogens is 485 g/mol. The number of hydrogen-bond acceptors (Lipinski definition) is 5. The molecule has 1 aromatic heterocycles. The maximum Gasteiger partial charge on any atom is 0.416 e. The lowest BCUT2D eigenvalue weighted by Crippen LogP contribution is -2.28. The minimum Gasteiger partial charge on any atom is -0.457 e. The summed E-state index contributed by atoms with van der Waals surface area (Å²) in [6.07, 6.45) is -1.35. The Morgan fingerprint density at radius 3 is 2.54 bits per heavy atom. The van der Waals surface area contributed by atoms with E-state index in [1.54, 1.807) is 19.2 Å². The molecule has 4 rings (SSSR count). The molecule has 2 aromatic carbocycles. The highest BCUT2D eigenvalue weighted by atomic mass is 19.4. The van der Waals surface area contributed by atoms with Crippen molar-refractivity contribution >= 4 is 17.5 Å². The van der Waals surface area contributed by atoms with Crippen molar-refractivity contribution in [3.63, 3.8) is 0 Å². The SMILES string of the molecule is CNCc1cc(NC(=O)C2CCc3ccc(Oc4ccnc(C(=O)NC)c4)cc3C2)cc(C(F)(F)F)c1. The van der Waals surface area contributed by atoms with Crippen LogP contribution in [0.2, 0.25) is 0 Å². The van der Waals surface area contributed by atoms with Gasteiger partial charge in [0.25, 0.3) is 5.91 Å². The summed E-state index contributed by atoms with van der Waals surface area (Å²) in [4.78, 5) is 28.9. The van der Waals surface area contributed by atoms with E-state index in [1.165, 1.54) is 19.3 Å². The van der Waals surface area contributed by atoms with Gasteiger partial charge in [-0.3, -0.25) is 14.6 Å². The fraction of sp³-hybridized carbons (Fsp3) is 0.296. The smallest absolute Gasteiger partial charge is 0.416 e. The Morgan fingerprint density at radius 2 is 1.81 bits per heavy atom. The first-order valence-electron chi connectivity index (χ1n) is 11.8. The van der Waals surface area contributed by atoms with Crippen LogP contribution in [0.25, 0.3) is 0 Å². The van der Waals surface area contributed by atoms with Crippen molar-refractivity contribution in [3.05, 3.63) is 82.7 Å². The second-order valence-electron chi connectivity index (χ2n) is 8.86. The maximum atomic E-state index is 13.4. The van der Waals surface area contributed by atoms with Gasteiger partial charge in [-0.25, -0.2) is 0 Å². The Morgan fingerprint density at radius 1 is 1.03 bits per heavy atom. The molecule has 7 nitrogen and oxygen atoms in total. The summed E-state index contributed by atoms with van der Waals surface area (Å²) in [6, 6.07) is 12.4. The highest BCUT2D eigenvalue weighted by Crippen LogP contribution is 2.34. The van der Waals surface area contributed by atoms with Gasteiger partial charge in [0.15, 0.2) is 0 Å². The van der Waals surface area contributed by atoms with E-state index in [2.05, 4.69) is 20.9 Å². The standard InChI is InChI=1S/C27H27F3N4O3/c1-31-15-16-9-20(27(28,29)30)13-21(10-16)34-25(35)18-4-3-17-5-6-22(12-19(17)11-18)37-23-7-8-33-24(14-23)26(36)32-2/h5-10,12-14,18,31H,3-4,11,15H2,1-2H3,(H,32,36)(H,34,35). The number of carbonyl (C=O) groups excluding carboxylic acids is 2. The number of aryl methyl sites for hydroxylation is 1. The van der Waals surface area contributed by atoms with Gasteiger partial charge in [0.05, 0.1) is 5.56 Å². The molecule has 1 aliphatic carbocycles. The topological polar surface area (TPSA) is 92.3 Å². The van der Waals surface area contributed by atoms with Gasteiger partial charge in [-0.15, -0.1) is 0 Å². The number of aromatic nitrogens is 1. The van der Waals surface area contributed by atoms with E-state index < -0.39 is 17.7 Å². The molecule has 1 unspecified atom stereocenters. The Bertz CT molecular complexity index is 1310. The molecule has 1 heterocycles. The van der Waals surface area contributed by atoms with E-state index >= 15 is 0 Å². The van der Waals surface area contributed by atoms with E-state index in [4.69, 9.17) is 4.74 Å². The van der Waals surface area contributed by atoms with Crippen LogP contribution in [-0.4, -0.2) is 30.9 Å². The van der Waals surface area contributed by atoms with E-state index in [9.17, 15) is 22.8 Å². The van der Waals surface area contributed by atoms with Gasteiger partial charge >= 0.3 is 6.18 Å². The first kappa shape index (κ1) is 26.2. The summed E-state index contributed by atoms with van der Waals surface area (Å²) in [5, 5.41) is 8.04. The van der Waals surface area contributed by atoms with Crippen LogP contribution in [0.15, 0.2) is 54.7 Å².